The van der Waals surface area contributed by atoms with Gasteiger partial charge in [0.1, 0.15) is 0 Å². The second kappa shape index (κ2) is 15.1. The molecule has 5 rings (SSSR count). The van der Waals surface area contributed by atoms with Crippen LogP contribution in [0.3, 0.4) is 0 Å². The molecule has 0 radical (unpaired) electrons. The van der Waals surface area contributed by atoms with Crippen LogP contribution >= 0.6 is 7.60 Å². The summed E-state index contributed by atoms with van der Waals surface area (Å²) in [5.41, 5.74) is 0.285. The Balaban J connectivity index is 0.00000480. The Morgan fingerprint density at radius 2 is 1.61 bits per heavy atom. The van der Waals surface area contributed by atoms with Crippen molar-refractivity contribution >= 4 is 42.6 Å². The smallest absolute Gasteiger partial charge is 0.359 e. The fourth-order valence-corrected chi connectivity index (χ4v) is 7.38. The van der Waals surface area contributed by atoms with Crippen LogP contribution in [0, 0.1) is 5.92 Å². The highest BCUT2D eigenvalue weighted by molar-refractivity contribution is 7.61. The Bertz CT molecular complexity index is 1470. The first-order valence-corrected chi connectivity index (χ1v) is 16.5. The molecule has 46 heavy (non-hydrogen) atoms. The summed E-state index contributed by atoms with van der Waals surface area (Å²) in [6, 6.07) is 14.2. The SMILES string of the molecule is C.CN1C2CCC1[C@@H](C(=O)OCCCCNC(=O)CCC(=O)ON1C(=O)c3ccccc3C1=O)[C@@H](OP(=O)(O)c1ccccc1)C2. The van der Waals surface area contributed by atoms with Gasteiger partial charge in [-0.3, -0.25) is 28.6 Å². The lowest BCUT2D eigenvalue weighted by Gasteiger charge is -2.41. The summed E-state index contributed by atoms with van der Waals surface area (Å²) in [7, 11) is -2.21. The molecule has 3 unspecified atom stereocenters. The molecule has 3 heterocycles. The summed E-state index contributed by atoms with van der Waals surface area (Å²) in [6.07, 6.45) is 1.74. The maximum atomic E-state index is 13.2. The maximum absolute atomic E-state index is 13.2. The first kappa shape index (κ1) is 35.0. The number of ether oxygens (including phenoxy) is 1. The van der Waals surface area contributed by atoms with Crippen molar-refractivity contribution in [2.75, 3.05) is 20.2 Å². The first-order chi connectivity index (χ1) is 21.6. The van der Waals surface area contributed by atoms with Gasteiger partial charge in [-0.05, 0) is 63.4 Å². The number of nitrogens with zero attached hydrogens (tertiary/aromatic N) is 2. The number of carbonyl (C=O) groups excluding carboxylic acids is 5. The predicted octanol–water partition coefficient (Wildman–Crippen LogP) is 2.98. The Hall–Kier alpha value is -3.90. The second-order valence-corrected chi connectivity index (χ2v) is 13.1. The van der Waals surface area contributed by atoms with Gasteiger partial charge in [-0.25, -0.2) is 4.79 Å². The lowest BCUT2D eigenvalue weighted by molar-refractivity contribution is -0.169. The first-order valence-electron chi connectivity index (χ1n) is 15.0. The molecule has 3 amide bonds. The Labute approximate surface area is 267 Å². The number of hydrogen-bond acceptors (Lipinski definition) is 10. The van der Waals surface area contributed by atoms with Gasteiger partial charge in [0.2, 0.25) is 5.91 Å². The number of unbranched alkanes of at least 4 members (excludes halogenated alkanes) is 1. The Morgan fingerprint density at radius 1 is 0.957 bits per heavy atom. The third kappa shape index (κ3) is 7.72. The quantitative estimate of drug-likeness (QED) is 0.141. The van der Waals surface area contributed by atoms with Crippen LogP contribution in [0.2, 0.25) is 0 Å². The number of fused-ring (bicyclic) bond motifs is 3. The maximum Gasteiger partial charge on any atom is 0.359 e. The van der Waals surface area contributed by atoms with E-state index in [0.717, 1.165) is 12.8 Å². The molecule has 14 heteroatoms. The molecule has 2 N–H and O–H groups in total. The van der Waals surface area contributed by atoms with E-state index in [4.69, 9.17) is 14.1 Å². The van der Waals surface area contributed by atoms with Gasteiger partial charge >= 0.3 is 19.5 Å². The van der Waals surface area contributed by atoms with Crippen molar-refractivity contribution in [2.24, 2.45) is 5.92 Å². The van der Waals surface area contributed by atoms with Gasteiger partial charge < -0.3 is 24.3 Å². The highest BCUT2D eigenvalue weighted by Crippen LogP contribution is 2.49. The van der Waals surface area contributed by atoms with Crippen molar-refractivity contribution in [2.45, 2.75) is 70.6 Å². The van der Waals surface area contributed by atoms with Crippen molar-refractivity contribution in [3.63, 3.8) is 0 Å². The van der Waals surface area contributed by atoms with Crippen molar-refractivity contribution in [3.05, 3.63) is 65.7 Å². The van der Waals surface area contributed by atoms with Crippen LogP contribution in [0.15, 0.2) is 54.6 Å². The van der Waals surface area contributed by atoms with Crippen LogP contribution in [-0.4, -0.2) is 82.9 Å². The molecule has 3 aliphatic rings. The van der Waals surface area contributed by atoms with Gasteiger partial charge in [-0.1, -0.05) is 42.8 Å². The zero-order valence-corrected chi connectivity index (χ0v) is 25.7. The summed E-state index contributed by atoms with van der Waals surface area (Å²) >= 11 is 0. The Kier molecular flexibility index (Phi) is 11.5. The lowest BCUT2D eigenvalue weighted by Crippen LogP contribution is -2.53. The summed E-state index contributed by atoms with van der Waals surface area (Å²) in [6.45, 7) is 0.372. The number of piperidine rings is 1. The number of esters is 1. The van der Waals surface area contributed by atoms with Crippen LogP contribution in [0.4, 0.5) is 0 Å². The number of nitrogens with one attached hydrogen (secondary N) is 1. The minimum atomic E-state index is -4.15. The molecule has 0 spiro atoms. The molecule has 0 aromatic heterocycles. The number of imide groups is 1. The third-order valence-electron chi connectivity index (χ3n) is 8.49. The van der Waals surface area contributed by atoms with E-state index in [-0.39, 0.29) is 61.9 Å². The zero-order chi connectivity index (χ0) is 32.1. The van der Waals surface area contributed by atoms with E-state index in [1.54, 1.807) is 30.3 Å². The zero-order valence-electron chi connectivity index (χ0n) is 24.8. The van der Waals surface area contributed by atoms with Crippen LogP contribution in [-0.2, 0) is 33.0 Å². The van der Waals surface area contributed by atoms with E-state index in [0.29, 0.717) is 24.3 Å². The van der Waals surface area contributed by atoms with Gasteiger partial charge in [0.05, 0.1) is 41.5 Å². The summed E-state index contributed by atoms with van der Waals surface area (Å²) in [5.74, 6) is -3.97. The molecule has 2 aromatic carbocycles. The number of rotatable bonds is 13. The summed E-state index contributed by atoms with van der Waals surface area (Å²) in [4.78, 5) is 79.9. The van der Waals surface area contributed by atoms with E-state index in [2.05, 4.69) is 10.2 Å². The molecule has 2 aromatic rings. The van der Waals surface area contributed by atoms with Gasteiger partial charge in [-0.15, -0.1) is 0 Å². The molecule has 0 aliphatic carbocycles. The minimum Gasteiger partial charge on any atom is -0.465 e. The van der Waals surface area contributed by atoms with Crippen LogP contribution in [0.5, 0.6) is 0 Å². The number of hydrogen-bond donors (Lipinski definition) is 2. The molecule has 3 aliphatic heterocycles. The van der Waals surface area contributed by atoms with E-state index in [1.807, 2.05) is 7.05 Å². The largest absolute Gasteiger partial charge is 0.465 e. The molecule has 2 fully saturated rings. The molecule has 2 saturated heterocycles. The van der Waals surface area contributed by atoms with Crippen molar-refractivity contribution in [3.8, 4) is 0 Å². The summed E-state index contributed by atoms with van der Waals surface area (Å²) < 4.78 is 24.4. The fraction of sp³-hybridized carbons (Fsp3) is 0.469. The van der Waals surface area contributed by atoms with E-state index in [1.165, 1.54) is 24.3 Å². The molecule has 2 bridgehead atoms. The van der Waals surface area contributed by atoms with Crippen LogP contribution in [0.25, 0.3) is 0 Å². The standard InChI is InChI=1S/C31H36N3O10P.CH4/c1-33-20-13-14-24(33)28(25(19-20)44-45(40,41)21-9-3-2-4-10-21)31(39)42-18-8-7-17-32-26(35)15-16-27(36)43-34-29(37)22-11-5-6-12-23(22)30(34)38;/h2-6,9-12,20,24-25,28H,7-8,13-19H2,1H3,(H,32,35)(H,40,41);1H4/t20?,24?,25-,28+;/m0./s1. The highest BCUT2D eigenvalue weighted by atomic mass is 31.2. The van der Waals surface area contributed by atoms with Crippen LogP contribution < -0.4 is 10.6 Å². The monoisotopic (exact) mass is 657 g/mol. The summed E-state index contributed by atoms with van der Waals surface area (Å²) in [5, 5.41) is 3.25. The topological polar surface area (TPSA) is 169 Å². The lowest BCUT2D eigenvalue weighted by atomic mass is 9.88. The van der Waals surface area contributed by atoms with E-state index in [9.17, 15) is 33.4 Å². The predicted molar refractivity (Wildman–Crippen MR) is 166 cm³/mol. The highest BCUT2D eigenvalue weighted by Gasteiger charge is 2.51. The van der Waals surface area contributed by atoms with Gasteiger partial charge in [-0.2, -0.15) is 0 Å². The minimum absolute atomic E-state index is 0. The third-order valence-corrected chi connectivity index (χ3v) is 10.00. The van der Waals surface area contributed by atoms with Crippen molar-refractivity contribution in [1.29, 1.82) is 0 Å². The van der Waals surface area contributed by atoms with Crippen molar-refractivity contribution in [1.82, 2.24) is 15.3 Å². The second-order valence-electron chi connectivity index (χ2n) is 11.4. The van der Waals surface area contributed by atoms with E-state index < -0.39 is 49.3 Å². The molecule has 248 valence electrons. The molecule has 0 saturated carbocycles. The average Bonchev–Trinajstić information content (AvgIpc) is 3.40. The number of amides is 3. The molecule has 5 atom stereocenters. The van der Waals surface area contributed by atoms with E-state index >= 15 is 0 Å². The van der Waals surface area contributed by atoms with Gasteiger partial charge in [0, 0.05) is 25.0 Å². The molecular weight excluding hydrogens is 617 g/mol. The normalized spacial score (nSPS) is 23.2. The molecular formula is C32H40N3O10P. The van der Waals surface area contributed by atoms with Crippen LogP contribution in [0.1, 0.15) is 73.1 Å². The number of carbonyl (C=O) groups is 5. The number of hydroxylamine groups is 2. The fourth-order valence-electron chi connectivity index (χ4n) is 6.12. The average molecular weight is 658 g/mol. The molecule has 13 nitrogen and oxygen atoms in total. The Morgan fingerprint density at radius 3 is 2.28 bits per heavy atom. The number of benzene rings is 2. The van der Waals surface area contributed by atoms with Gasteiger partial charge in [0.15, 0.2) is 0 Å². The van der Waals surface area contributed by atoms with Crippen molar-refractivity contribution < 1.29 is 47.5 Å². The van der Waals surface area contributed by atoms with Gasteiger partial charge in [0.25, 0.3) is 11.8 Å².